The van der Waals surface area contributed by atoms with Crippen LogP contribution in [0, 0.1) is 6.92 Å². The Morgan fingerprint density at radius 2 is 1.83 bits per heavy atom. The molecule has 5 heteroatoms. The number of aromatic nitrogens is 2. The molecule has 0 amide bonds. The number of halogens is 1. The molecule has 3 aromatic carbocycles. The van der Waals surface area contributed by atoms with Crippen molar-refractivity contribution in [1.29, 1.82) is 0 Å². The van der Waals surface area contributed by atoms with E-state index in [1.54, 1.807) is 34.5 Å². The molecular formula is C24H21ClN2OS. The van der Waals surface area contributed by atoms with E-state index in [-0.39, 0.29) is 5.56 Å². The average molecular weight is 421 g/mol. The molecule has 0 spiro atoms. The summed E-state index contributed by atoms with van der Waals surface area (Å²) < 4.78 is 1.72. The monoisotopic (exact) mass is 420 g/mol. The van der Waals surface area contributed by atoms with Crippen LogP contribution >= 0.6 is 23.4 Å². The molecule has 0 bridgehead atoms. The van der Waals surface area contributed by atoms with Crippen LogP contribution in [0.2, 0.25) is 5.02 Å². The second kappa shape index (κ2) is 8.85. The lowest BCUT2D eigenvalue weighted by Gasteiger charge is -2.14. The Morgan fingerprint density at radius 1 is 1.00 bits per heavy atom. The van der Waals surface area contributed by atoms with E-state index < -0.39 is 0 Å². The molecule has 1 aromatic heterocycles. The molecule has 29 heavy (non-hydrogen) atoms. The molecule has 4 rings (SSSR count). The van der Waals surface area contributed by atoms with Crippen LogP contribution in [-0.4, -0.2) is 15.3 Å². The quantitative estimate of drug-likeness (QED) is 0.215. The molecule has 0 unspecified atom stereocenters. The van der Waals surface area contributed by atoms with Crippen LogP contribution in [0.25, 0.3) is 16.6 Å². The molecule has 0 radical (unpaired) electrons. The topological polar surface area (TPSA) is 34.9 Å². The number of hydrogen-bond acceptors (Lipinski definition) is 3. The summed E-state index contributed by atoms with van der Waals surface area (Å²) in [5, 5.41) is 1.85. The first-order chi connectivity index (χ1) is 14.1. The lowest BCUT2D eigenvalue weighted by Crippen LogP contribution is -2.22. The minimum absolute atomic E-state index is 0.0668. The van der Waals surface area contributed by atoms with E-state index in [4.69, 9.17) is 16.6 Å². The first-order valence-corrected chi connectivity index (χ1v) is 10.9. The number of rotatable bonds is 6. The molecule has 0 saturated carbocycles. The third kappa shape index (κ3) is 4.55. The number of aryl methyl sites for hydroxylation is 2. The summed E-state index contributed by atoms with van der Waals surface area (Å²) in [6.07, 6.45) is 2.01. The average Bonchev–Trinajstić information content (AvgIpc) is 2.72. The van der Waals surface area contributed by atoms with Gasteiger partial charge in [0, 0.05) is 10.8 Å². The Morgan fingerprint density at radius 3 is 2.62 bits per heavy atom. The van der Waals surface area contributed by atoms with Gasteiger partial charge in [0.2, 0.25) is 0 Å². The van der Waals surface area contributed by atoms with Gasteiger partial charge in [-0.3, -0.25) is 9.36 Å². The minimum atomic E-state index is -0.0668. The van der Waals surface area contributed by atoms with Crippen LogP contribution in [0.15, 0.2) is 82.7 Å². The van der Waals surface area contributed by atoms with Gasteiger partial charge in [0.05, 0.1) is 16.6 Å². The van der Waals surface area contributed by atoms with Gasteiger partial charge in [-0.25, -0.2) is 4.98 Å². The van der Waals surface area contributed by atoms with E-state index in [2.05, 4.69) is 24.3 Å². The Bertz CT molecular complexity index is 1200. The Hall–Kier alpha value is -2.56. The van der Waals surface area contributed by atoms with Crippen molar-refractivity contribution in [1.82, 2.24) is 9.55 Å². The van der Waals surface area contributed by atoms with Gasteiger partial charge < -0.3 is 0 Å². The predicted octanol–water partition coefficient (Wildman–Crippen LogP) is 6.07. The third-order valence-electron chi connectivity index (χ3n) is 4.74. The second-order valence-electron chi connectivity index (χ2n) is 6.97. The van der Waals surface area contributed by atoms with E-state index >= 15 is 0 Å². The van der Waals surface area contributed by atoms with Crippen molar-refractivity contribution in [3.05, 3.63) is 99.3 Å². The number of hydrogen-bond donors (Lipinski definition) is 0. The fourth-order valence-corrected chi connectivity index (χ4v) is 4.43. The lowest BCUT2D eigenvalue weighted by atomic mass is 10.1. The third-order valence-corrected chi connectivity index (χ3v) is 6.00. The predicted molar refractivity (Wildman–Crippen MR) is 123 cm³/mol. The zero-order valence-corrected chi connectivity index (χ0v) is 17.7. The van der Waals surface area contributed by atoms with Crippen molar-refractivity contribution in [2.75, 3.05) is 5.75 Å². The summed E-state index contributed by atoms with van der Waals surface area (Å²) >= 11 is 7.75. The number of thioether (sulfide) groups is 1. The standard InChI is InChI=1S/C24H21ClN2OS/c1-17-7-5-11-20(15-17)27-23(28)21-13-12-19(25)16-22(21)26-24(27)29-14-6-10-18-8-3-2-4-9-18/h2-5,7-9,11-13,15-16H,6,10,14H2,1H3. The van der Waals surface area contributed by atoms with Crippen molar-refractivity contribution >= 4 is 34.3 Å². The summed E-state index contributed by atoms with van der Waals surface area (Å²) in [5.74, 6) is 0.874. The molecule has 146 valence electrons. The van der Waals surface area contributed by atoms with Gasteiger partial charge in [-0.15, -0.1) is 0 Å². The molecule has 0 aliphatic rings. The molecule has 0 N–H and O–H groups in total. The van der Waals surface area contributed by atoms with Crippen molar-refractivity contribution in [2.24, 2.45) is 0 Å². The summed E-state index contributed by atoms with van der Waals surface area (Å²) in [7, 11) is 0. The fraction of sp³-hybridized carbons (Fsp3) is 0.167. The van der Waals surface area contributed by atoms with E-state index in [9.17, 15) is 4.79 Å². The molecule has 4 aromatic rings. The molecule has 0 atom stereocenters. The van der Waals surface area contributed by atoms with Crippen molar-refractivity contribution in [2.45, 2.75) is 24.9 Å². The maximum Gasteiger partial charge on any atom is 0.266 e. The van der Waals surface area contributed by atoms with Gasteiger partial charge in [-0.05, 0) is 61.2 Å². The van der Waals surface area contributed by atoms with Crippen LogP contribution < -0.4 is 5.56 Å². The molecule has 0 aliphatic heterocycles. The molecule has 0 saturated heterocycles. The highest BCUT2D eigenvalue weighted by atomic mass is 35.5. The zero-order valence-electron chi connectivity index (χ0n) is 16.1. The van der Waals surface area contributed by atoms with E-state index in [0.717, 1.165) is 29.8 Å². The highest BCUT2D eigenvalue weighted by molar-refractivity contribution is 7.99. The van der Waals surface area contributed by atoms with Crippen molar-refractivity contribution in [3.63, 3.8) is 0 Å². The Labute approximate surface area is 179 Å². The van der Waals surface area contributed by atoms with Crippen LogP contribution in [0.1, 0.15) is 17.5 Å². The highest BCUT2D eigenvalue weighted by Gasteiger charge is 2.14. The first kappa shape index (κ1) is 19.7. The number of fused-ring (bicyclic) bond motifs is 1. The zero-order chi connectivity index (χ0) is 20.2. The van der Waals surface area contributed by atoms with Gasteiger partial charge in [0.15, 0.2) is 5.16 Å². The fourth-order valence-electron chi connectivity index (χ4n) is 3.31. The Balaban J connectivity index is 1.68. The van der Waals surface area contributed by atoms with E-state index in [1.165, 1.54) is 5.56 Å². The van der Waals surface area contributed by atoms with Crippen LogP contribution in [0.4, 0.5) is 0 Å². The molecule has 1 heterocycles. The van der Waals surface area contributed by atoms with Crippen LogP contribution in [0.5, 0.6) is 0 Å². The van der Waals surface area contributed by atoms with Gasteiger partial charge in [0.25, 0.3) is 5.56 Å². The molecule has 3 nitrogen and oxygen atoms in total. The molecular weight excluding hydrogens is 400 g/mol. The van der Waals surface area contributed by atoms with E-state index in [0.29, 0.717) is 21.1 Å². The van der Waals surface area contributed by atoms with E-state index in [1.807, 2.05) is 37.3 Å². The maximum absolute atomic E-state index is 13.3. The number of benzene rings is 3. The van der Waals surface area contributed by atoms with Crippen molar-refractivity contribution < 1.29 is 0 Å². The Kier molecular flexibility index (Phi) is 6.02. The maximum atomic E-state index is 13.3. The largest absolute Gasteiger partial charge is 0.268 e. The summed E-state index contributed by atoms with van der Waals surface area (Å²) in [4.78, 5) is 18.1. The van der Waals surface area contributed by atoms with Gasteiger partial charge in [-0.2, -0.15) is 0 Å². The lowest BCUT2D eigenvalue weighted by molar-refractivity contribution is 0.815. The summed E-state index contributed by atoms with van der Waals surface area (Å²) in [6.45, 7) is 2.02. The highest BCUT2D eigenvalue weighted by Crippen LogP contribution is 2.24. The molecule has 0 fully saturated rings. The molecule has 0 aliphatic carbocycles. The summed E-state index contributed by atoms with van der Waals surface area (Å²) in [5.41, 5.74) is 3.83. The second-order valence-corrected chi connectivity index (χ2v) is 8.47. The van der Waals surface area contributed by atoms with Crippen molar-refractivity contribution in [3.8, 4) is 5.69 Å². The van der Waals surface area contributed by atoms with Gasteiger partial charge >= 0.3 is 0 Å². The van der Waals surface area contributed by atoms with Gasteiger partial charge in [-0.1, -0.05) is 65.8 Å². The first-order valence-electron chi connectivity index (χ1n) is 9.58. The smallest absolute Gasteiger partial charge is 0.266 e. The van der Waals surface area contributed by atoms with Crippen LogP contribution in [0.3, 0.4) is 0 Å². The van der Waals surface area contributed by atoms with Gasteiger partial charge in [0.1, 0.15) is 0 Å². The normalized spacial score (nSPS) is 11.1. The SMILES string of the molecule is Cc1cccc(-n2c(SCCCc3ccccc3)nc3cc(Cl)ccc3c2=O)c1. The number of nitrogens with zero attached hydrogens (tertiary/aromatic N) is 2. The summed E-state index contributed by atoms with van der Waals surface area (Å²) in [6, 6.07) is 23.6. The minimum Gasteiger partial charge on any atom is -0.268 e. The van der Waals surface area contributed by atoms with Crippen LogP contribution in [-0.2, 0) is 6.42 Å².